The molecule has 2 rings (SSSR count). The van der Waals surface area contributed by atoms with Crippen molar-refractivity contribution in [2.45, 2.75) is 6.42 Å². The van der Waals surface area contributed by atoms with Crippen LogP contribution in [0.4, 0.5) is 4.39 Å². The normalized spacial score (nSPS) is 10.4. The van der Waals surface area contributed by atoms with Crippen LogP contribution in [0.5, 0.6) is 0 Å². The first kappa shape index (κ1) is 10.8. The highest BCUT2D eigenvalue weighted by atomic mass is 35.5. The highest BCUT2D eigenvalue weighted by Crippen LogP contribution is 2.08. The Morgan fingerprint density at radius 3 is 2.62 bits per heavy atom. The number of hydrogen-bond donors (Lipinski definition) is 0. The predicted molar refractivity (Wildman–Crippen MR) is 58.0 cm³/mol. The van der Waals surface area contributed by atoms with Crippen LogP contribution in [0.25, 0.3) is 0 Å². The molecule has 0 aliphatic carbocycles. The van der Waals surface area contributed by atoms with Gasteiger partial charge >= 0.3 is 0 Å². The van der Waals surface area contributed by atoms with Gasteiger partial charge in [-0.25, -0.2) is 9.07 Å². The molecule has 5 heteroatoms. The summed E-state index contributed by atoms with van der Waals surface area (Å²) in [7, 11) is 0. The lowest BCUT2D eigenvalue weighted by Crippen LogP contribution is -2.13. The standard InChI is InChI=1S/C11H8ClFN2O/c12-9-6-14-15(7-9)11(16)5-8-1-3-10(13)4-2-8/h1-4,6-7H,5H2. The number of carbonyl (C=O) groups excluding carboxylic acids is 1. The zero-order valence-electron chi connectivity index (χ0n) is 8.23. The summed E-state index contributed by atoms with van der Waals surface area (Å²) in [4.78, 5) is 11.7. The van der Waals surface area contributed by atoms with Gasteiger partial charge in [0.15, 0.2) is 0 Å². The summed E-state index contributed by atoms with van der Waals surface area (Å²) in [6.45, 7) is 0. The summed E-state index contributed by atoms with van der Waals surface area (Å²) in [5, 5.41) is 4.20. The molecular formula is C11H8ClFN2O. The van der Waals surface area contributed by atoms with Crippen LogP contribution in [0.2, 0.25) is 5.02 Å². The molecule has 82 valence electrons. The summed E-state index contributed by atoms with van der Waals surface area (Å²) in [5.74, 6) is -0.531. The molecule has 0 saturated heterocycles. The third kappa shape index (κ3) is 2.46. The van der Waals surface area contributed by atoms with E-state index in [0.29, 0.717) is 5.02 Å². The first-order valence-electron chi connectivity index (χ1n) is 4.63. The highest BCUT2D eigenvalue weighted by Gasteiger charge is 2.07. The maximum Gasteiger partial charge on any atom is 0.251 e. The van der Waals surface area contributed by atoms with Crippen molar-refractivity contribution in [3.05, 3.63) is 53.1 Å². The van der Waals surface area contributed by atoms with Crippen molar-refractivity contribution < 1.29 is 9.18 Å². The molecule has 0 bridgehead atoms. The minimum Gasteiger partial charge on any atom is -0.272 e. The van der Waals surface area contributed by atoms with E-state index in [1.165, 1.54) is 29.2 Å². The van der Waals surface area contributed by atoms with Crippen molar-refractivity contribution in [1.29, 1.82) is 0 Å². The predicted octanol–water partition coefficient (Wildman–Crippen LogP) is 2.56. The first-order chi connectivity index (χ1) is 7.65. The van der Waals surface area contributed by atoms with Crippen molar-refractivity contribution in [2.75, 3.05) is 0 Å². The van der Waals surface area contributed by atoms with E-state index in [-0.39, 0.29) is 18.1 Å². The molecule has 0 unspecified atom stereocenters. The summed E-state index contributed by atoms with van der Waals surface area (Å²) >= 11 is 5.64. The van der Waals surface area contributed by atoms with E-state index in [0.717, 1.165) is 5.56 Å². The van der Waals surface area contributed by atoms with Gasteiger partial charge in [-0.3, -0.25) is 4.79 Å². The molecule has 16 heavy (non-hydrogen) atoms. The summed E-state index contributed by atoms with van der Waals surface area (Å²) in [6.07, 6.45) is 3.00. The quantitative estimate of drug-likeness (QED) is 0.806. The molecule has 0 atom stereocenters. The number of halogens is 2. The van der Waals surface area contributed by atoms with Gasteiger partial charge in [0.2, 0.25) is 0 Å². The fourth-order valence-electron chi connectivity index (χ4n) is 1.30. The molecule has 0 saturated carbocycles. The highest BCUT2D eigenvalue weighted by molar-refractivity contribution is 6.30. The lowest BCUT2D eigenvalue weighted by Gasteiger charge is -2.00. The Labute approximate surface area is 96.5 Å². The Morgan fingerprint density at radius 2 is 2.06 bits per heavy atom. The second kappa shape index (κ2) is 4.45. The SMILES string of the molecule is O=C(Cc1ccc(F)cc1)n1cc(Cl)cn1. The van der Waals surface area contributed by atoms with Crippen molar-refractivity contribution in [1.82, 2.24) is 9.78 Å². The maximum absolute atomic E-state index is 12.6. The second-order valence-corrected chi connectivity index (χ2v) is 3.74. The van der Waals surface area contributed by atoms with Crippen LogP contribution in [0, 0.1) is 5.82 Å². The van der Waals surface area contributed by atoms with Crippen LogP contribution in [-0.2, 0) is 6.42 Å². The zero-order valence-corrected chi connectivity index (χ0v) is 8.99. The van der Waals surface area contributed by atoms with Gasteiger partial charge < -0.3 is 0 Å². The monoisotopic (exact) mass is 238 g/mol. The number of benzene rings is 1. The fourth-order valence-corrected chi connectivity index (χ4v) is 1.43. The number of rotatable bonds is 2. The van der Waals surface area contributed by atoms with Crippen molar-refractivity contribution >= 4 is 17.5 Å². The molecule has 0 amide bonds. The summed E-state index contributed by atoms with van der Waals surface area (Å²) in [5.41, 5.74) is 0.734. The molecule has 0 N–H and O–H groups in total. The first-order valence-corrected chi connectivity index (χ1v) is 5.01. The van der Waals surface area contributed by atoms with E-state index in [4.69, 9.17) is 11.6 Å². The molecule has 0 aliphatic rings. The lowest BCUT2D eigenvalue weighted by atomic mass is 10.1. The van der Waals surface area contributed by atoms with Gasteiger partial charge in [0, 0.05) is 0 Å². The molecule has 1 aromatic heterocycles. The van der Waals surface area contributed by atoms with Gasteiger partial charge in [-0.1, -0.05) is 23.7 Å². The molecule has 0 fully saturated rings. The van der Waals surface area contributed by atoms with E-state index in [2.05, 4.69) is 5.10 Å². The van der Waals surface area contributed by atoms with E-state index in [9.17, 15) is 9.18 Å². The van der Waals surface area contributed by atoms with E-state index < -0.39 is 0 Å². The largest absolute Gasteiger partial charge is 0.272 e. The topological polar surface area (TPSA) is 34.9 Å². The average molecular weight is 239 g/mol. The smallest absolute Gasteiger partial charge is 0.251 e. The number of hydrogen-bond acceptors (Lipinski definition) is 2. The van der Waals surface area contributed by atoms with Crippen LogP contribution in [0.3, 0.4) is 0 Å². The molecule has 1 heterocycles. The van der Waals surface area contributed by atoms with Crippen LogP contribution in [0.1, 0.15) is 10.4 Å². The van der Waals surface area contributed by atoms with Gasteiger partial charge in [-0.05, 0) is 17.7 Å². The van der Waals surface area contributed by atoms with Gasteiger partial charge in [0.1, 0.15) is 5.82 Å². The number of aromatic nitrogens is 2. The molecular weight excluding hydrogens is 231 g/mol. The minimum absolute atomic E-state index is 0.165. The van der Waals surface area contributed by atoms with Crippen LogP contribution >= 0.6 is 11.6 Å². The minimum atomic E-state index is -0.321. The van der Waals surface area contributed by atoms with E-state index >= 15 is 0 Å². The Bertz CT molecular complexity index is 507. The average Bonchev–Trinajstić information content (AvgIpc) is 2.68. The fraction of sp³-hybridized carbons (Fsp3) is 0.0909. The van der Waals surface area contributed by atoms with Gasteiger partial charge in [0.25, 0.3) is 5.91 Å². The molecule has 1 aromatic carbocycles. The Morgan fingerprint density at radius 1 is 1.38 bits per heavy atom. The molecule has 0 radical (unpaired) electrons. The van der Waals surface area contributed by atoms with Crippen LogP contribution in [0.15, 0.2) is 36.7 Å². The summed E-state index contributed by atoms with van der Waals surface area (Å²) < 4.78 is 13.8. The number of nitrogens with zero attached hydrogens (tertiary/aromatic N) is 2. The second-order valence-electron chi connectivity index (χ2n) is 3.30. The summed E-state index contributed by atoms with van der Waals surface area (Å²) in [6, 6.07) is 5.77. The van der Waals surface area contributed by atoms with Gasteiger partial charge in [-0.15, -0.1) is 0 Å². The zero-order chi connectivity index (χ0) is 11.5. The van der Waals surface area contributed by atoms with Crippen molar-refractivity contribution in [2.24, 2.45) is 0 Å². The molecule has 0 aliphatic heterocycles. The Kier molecular flexibility index (Phi) is 3.01. The van der Waals surface area contributed by atoms with E-state index in [1.54, 1.807) is 12.1 Å². The maximum atomic E-state index is 12.6. The molecule has 2 aromatic rings. The van der Waals surface area contributed by atoms with Gasteiger partial charge in [-0.2, -0.15) is 5.10 Å². The lowest BCUT2D eigenvalue weighted by molar-refractivity contribution is 0.0898. The van der Waals surface area contributed by atoms with Gasteiger partial charge in [0.05, 0.1) is 23.8 Å². The van der Waals surface area contributed by atoms with Crippen molar-refractivity contribution in [3.63, 3.8) is 0 Å². The number of carbonyl (C=O) groups is 1. The van der Waals surface area contributed by atoms with Crippen LogP contribution in [-0.4, -0.2) is 15.7 Å². The molecule has 3 nitrogen and oxygen atoms in total. The van der Waals surface area contributed by atoms with Crippen molar-refractivity contribution in [3.8, 4) is 0 Å². The van der Waals surface area contributed by atoms with Crippen LogP contribution < -0.4 is 0 Å². The third-order valence-electron chi connectivity index (χ3n) is 2.08. The Hall–Kier alpha value is -1.68. The third-order valence-corrected chi connectivity index (χ3v) is 2.27. The van der Waals surface area contributed by atoms with E-state index in [1.807, 2.05) is 0 Å². The Balaban J connectivity index is 2.10. The molecule has 0 spiro atoms.